The monoisotopic (exact) mass is 248 g/mol. The lowest BCUT2D eigenvalue weighted by Gasteiger charge is -2.10. The molecule has 0 bridgehead atoms. The molecule has 18 heavy (non-hydrogen) atoms. The number of amides is 1. The van der Waals surface area contributed by atoms with Crippen LogP contribution < -0.4 is 20.1 Å². The van der Waals surface area contributed by atoms with E-state index in [1.165, 1.54) is 0 Å². The lowest BCUT2D eigenvalue weighted by molar-refractivity contribution is -0.116. The zero-order chi connectivity index (χ0) is 12.4. The molecule has 0 saturated carbocycles. The van der Waals surface area contributed by atoms with Crippen LogP contribution in [0.2, 0.25) is 0 Å². The van der Waals surface area contributed by atoms with Crippen LogP contribution in [0.5, 0.6) is 11.5 Å². The van der Waals surface area contributed by atoms with Crippen LogP contribution in [-0.4, -0.2) is 25.3 Å². The summed E-state index contributed by atoms with van der Waals surface area (Å²) < 4.78 is 10.5. The number of fused-ring (bicyclic) bond motifs is 1. The Hall–Kier alpha value is -1.75. The topological polar surface area (TPSA) is 59.6 Å². The molecule has 5 heteroatoms. The van der Waals surface area contributed by atoms with Crippen molar-refractivity contribution in [2.24, 2.45) is 0 Å². The molecule has 1 aromatic rings. The molecule has 2 aliphatic rings. The van der Waals surface area contributed by atoms with Crippen LogP contribution in [0.1, 0.15) is 19.3 Å². The first kappa shape index (κ1) is 11.3. The van der Waals surface area contributed by atoms with Crippen LogP contribution in [0, 0.1) is 0 Å². The fraction of sp³-hybridized carbons (Fsp3) is 0.462. The van der Waals surface area contributed by atoms with E-state index in [-0.39, 0.29) is 12.7 Å². The van der Waals surface area contributed by atoms with Crippen molar-refractivity contribution in [2.75, 3.05) is 18.7 Å². The standard InChI is InChI=1S/C13H16N2O3/c16-13(7-9-2-1-5-14-9)15-10-3-4-11-12(6-10)18-8-17-11/h3-4,6,9,14H,1-2,5,7-8H2,(H,15,16). The summed E-state index contributed by atoms with van der Waals surface area (Å²) in [4.78, 5) is 11.8. The van der Waals surface area contributed by atoms with E-state index in [1.54, 1.807) is 6.07 Å². The van der Waals surface area contributed by atoms with E-state index < -0.39 is 0 Å². The summed E-state index contributed by atoms with van der Waals surface area (Å²) >= 11 is 0. The van der Waals surface area contributed by atoms with Gasteiger partial charge in [-0.15, -0.1) is 0 Å². The smallest absolute Gasteiger partial charge is 0.231 e. The van der Waals surface area contributed by atoms with Crippen LogP contribution in [0.4, 0.5) is 5.69 Å². The van der Waals surface area contributed by atoms with Crippen LogP contribution in [-0.2, 0) is 4.79 Å². The number of nitrogens with one attached hydrogen (secondary N) is 2. The molecule has 0 radical (unpaired) electrons. The first-order valence-electron chi connectivity index (χ1n) is 6.24. The molecule has 0 aromatic heterocycles. The molecule has 1 fully saturated rings. The second-order valence-corrected chi connectivity index (χ2v) is 4.61. The maximum absolute atomic E-state index is 11.8. The number of hydrogen-bond acceptors (Lipinski definition) is 4. The third-order valence-electron chi connectivity index (χ3n) is 3.25. The van der Waals surface area contributed by atoms with Crippen molar-refractivity contribution >= 4 is 11.6 Å². The van der Waals surface area contributed by atoms with E-state index in [2.05, 4.69) is 10.6 Å². The van der Waals surface area contributed by atoms with Gasteiger partial charge in [0.05, 0.1) is 0 Å². The van der Waals surface area contributed by atoms with E-state index in [0.717, 1.165) is 30.8 Å². The summed E-state index contributed by atoms with van der Waals surface area (Å²) in [7, 11) is 0. The Morgan fingerprint density at radius 2 is 2.28 bits per heavy atom. The minimum absolute atomic E-state index is 0.0354. The number of carbonyl (C=O) groups excluding carboxylic acids is 1. The highest BCUT2D eigenvalue weighted by molar-refractivity contribution is 5.91. The summed E-state index contributed by atoms with van der Waals surface area (Å²) in [5.74, 6) is 1.45. The van der Waals surface area contributed by atoms with Crippen molar-refractivity contribution in [2.45, 2.75) is 25.3 Å². The van der Waals surface area contributed by atoms with Gasteiger partial charge >= 0.3 is 0 Å². The van der Waals surface area contributed by atoms with Gasteiger partial charge in [-0.2, -0.15) is 0 Å². The normalized spacial score (nSPS) is 21.0. The van der Waals surface area contributed by atoms with Gasteiger partial charge in [-0.25, -0.2) is 0 Å². The van der Waals surface area contributed by atoms with E-state index in [0.29, 0.717) is 18.2 Å². The van der Waals surface area contributed by atoms with Crippen LogP contribution in [0.3, 0.4) is 0 Å². The number of hydrogen-bond donors (Lipinski definition) is 2. The number of ether oxygens (including phenoxy) is 2. The molecule has 3 rings (SSSR count). The second-order valence-electron chi connectivity index (χ2n) is 4.61. The van der Waals surface area contributed by atoms with Crippen molar-refractivity contribution in [1.82, 2.24) is 5.32 Å². The lowest BCUT2D eigenvalue weighted by atomic mass is 10.1. The summed E-state index contributed by atoms with van der Waals surface area (Å²) in [6, 6.07) is 5.75. The predicted molar refractivity (Wildman–Crippen MR) is 66.8 cm³/mol. The van der Waals surface area contributed by atoms with Crippen molar-refractivity contribution in [1.29, 1.82) is 0 Å². The Balaban J connectivity index is 1.60. The highest BCUT2D eigenvalue weighted by atomic mass is 16.7. The Bertz CT molecular complexity index is 456. The number of anilines is 1. The molecule has 1 saturated heterocycles. The molecule has 2 aliphatic heterocycles. The zero-order valence-corrected chi connectivity index (χ0v) is 10.1. The van der Waals surface area contributed by atoms with Gasteiger partial charge in [0, 0.05) is 24.2 Å². The molecule has 1 amide bonds. The van der Waals surface area contributed by atoms with Crippen molar-refractivity contribution < 1.29 is 14.3 Å². The minimum Gasteiger partial charge on any atom is -0.454 e. The Morgan fingerprint density at radius 3 is 3.11 bits per heavy atom. The third-order valence-corrected chi connectivity index (χ3v) is 3.25. The average Bonchev–Trinajstić information content (AvgIpc) is 2.98. The van der Waals surface area contributed by atoms with Crippen molar-refractivity contribution in [3.05, 3.63) is 18.2 Å². The van der Waals surface area contributed by atoms with E-state index >= 15 is 0 Å². The van der Waals surface area contributed by atoms with Crippen LogP contribution >= 0.6 is 0 Å². The zero-order valence-electron chi connectivity index (χ0n) is 10.1. The maximum atomic E-state index is 11.8. The highest BCUT2D eigenvalue weighted by Gasteiger charge is 2.18. The van der Waals surface area contributed by atoms with Gasteiger partial charge in [-0.1, -0.05) is 0 Å². The number of rotatable bonds is 3. The molecule has 0 aliphatic carbocycles. The van der Waals surface area contributed by atoms with E-state index in [4.69, 9.17) is 9.47 Å². The molecule has 5 nitrogen and oxygen atoms in total. The van der Waals surface area contributed by atoms with Crippen LogP contribution in [0.25, 0.3) is 0 Å². The van der Waals surface area contributed by atoms with E-state index in [1.807, 2.05) is 12.1 Å². The molecule has 0 spiro atoms. The Labute approximate surface area is 105 Å². The molecule has 1 unspecified atom stereocenters. The molecule has 1 atom stereocenters. The quantitative estimate of drug-likeness (QED) is 0.851. The number of benzene rings is 1. The summed E-state index contributed by atoms with van der Waals surface area (Å²) in [5, 5.41) is 6.19. The second kappa shape index (κ2) is 4.86. The summed E-state index contributed by atoms with van der Waals surface area (Å²) in [6.45, 7) is 1.26. The summed E-state index contributed by atoms with van der Waals surface area (Å²) in [5.41, 5.74) is 0.752. The SMILES string of the molecule is O=C(CC1CCCN1)Nc1ccc2c(c1)OCO2. The Morgan fingerprint density at radius 1 is 1.39 bits per heavy atom. The lowest BCUT2D eigenvalue weighted by Crippen LogP contribution is -2.27. The van der Waals surface area contributed by atoms with Crippen molar-refractivity contribution in [3.8, 4) is 11.5 Å². The van der Waals surface area contributed by atoms with Gasteiger partial charge < -0.3 is 20.1 Å². The van der Waals surface area contributed by atoms with Gasteiger partial charge in [0.1, 0.15) is 0 Å². The highest BCUT2D eigenvalue weighted by Crippen LogP contribution is 2.34. The van der Waals surface area contributed by atoms with Crippen LogP contribution in [0.15, 0.2) is 18.2 Å². The van der Waals surface area contributed by atoms with Gasteiger partial charge in [0.2, 0.25) is 12.7 Å². The molecular weight excluding hydrogens is 232 g/mol. The number of carbonyl (C=O) groups is 1. The summed E-state index contributed by atoms with van der Waals surface area (Å²) in [6.07, 6.45) is 2.75. The minimum atomic E-state index is 0.0354. The molecular formula is C13H16N2O3. The first-order valence-corrected chi connectivity index (χ1v) is 6.24. The van der Waals surface area contributed by atoms with E-state index in [9.17, 15) is 4.79 Å². The maximum Gasteiger partial charge on any atom is 0.231 e. The predicted octanol–water partition coefficient (Wildman–Crippen LogP) is 1.50. The fourth-order valence-electron chi connectivity index (χ4n) is 2.34. The van der Waals surface area contributed by atoms with Gasteiger partial charge in [0.25, 0.3) is 0 Å². The average molecular weight is 248 g/mol. The van der Waals surface area contributed by atoms with Gasteiger partial charge in [0.15, 0.2) is 11.5 Å². The molecule has 2 N–H and O–H groups in total. The van der Waals surface area contributed by atoms with Gasteiger partial charge in [-0.05, 0) is 31.5 Å². The first-order chi connectivity index (χ1) is 8.81. The Kier molecular flexibility index (Phi) is 3.06. The van der Waals surface area contributed by atoms with Crippen molar-refractivity contribution in [3.63, 3.8) is 0 Å². The third kappa shape index (κ3) is 2.41. The molecule has 96 valence electrons. The molecule has 1 aromatic carbocycles. The largest absolute Gasteiger partial charge is 0.454 e. The molecule has 2 heterocycles. The van der Waals surface area contributed by atoms with Gasteiger partial charge in [-0.3, -0.25) is 4.79 Å². The fourth-order valence-corrected chi connectivity index (χ4v) is 2.34.